The quantitative estimate of drug-likeness (QED) is 0.537. The molecule has 0 bridgehead atoms. The molecule has 2 aromatic rings. The van der Waals surface area contributed by atoms with E-state index >= 15 is 0 Å². The minimum atomic E-state index is 0.944. The lowest BCUT2D eigenvalue weighted by atomic mass is 10.3. The van der Waals surface area contributed by atoms with Crippen molar-refractivity contribution in [2.75, 3.05) is 11.5 Å². The highest BCUT2D eigenvalue weighted by molar-refractivity contribution is 9.10. The van der Waals surface area contributed by atoms with Gasteiger partial charge >= 0.3 is 0 Å². The van der Waals surface area contributed by atoms with E-state index in [1.54, 1.807) is 12.4 Å². The lowest BCUT2D eigenvalue weighted by Crippen LogP contribution is -1.80. The molecule has 0 atom stereocenters. The van der Waals surface area contributed by atoms with Crippen molar-refractivity contribution < 1.29 is 0 Å². The van der Waals surface area contributed by atoms with Crippen molar-refractivity contribution in [2.24, 2.45) is 0 Å². The highest BCUT2D eigenvalue weighted by Gasteiger charge is 1.94. The standard InChI is InChI=1S/C8H11NS.C6H6BrN.C2H6S/c1-3-10-8-6-9-5-4-7(8)2;1-5-2-3-8-4-6(5)7;1-2-3/h4-6H,3H2,1-2H3;2-4H,1H3;3H,2H2,1H3. The second-order valence-electron chi connectivity index (χ2n) is 4.02. The van der Waals surface area contributed by atoms with Crippen LogP contribution in [0.2, 0.25) is 0 Å². The average Bonchev–Trinajstić information content (AvgIpc) is 2.47. The molecule has 0 aliphatic heterocycles. The van der Waals surface area contributed by atoms with E-state index in [-0.39, 0.29) is 0 Å². The van der Waals surface area contributed by atoms with Gasteiger partial charge in [-0.05, 0) is 64.5 Å². The maximum atomic E-state index is 4.04. The minimum absolute atomic E-state index is 0.944. The topological polar surface area (TPSA) is 25.8 Å². The summed E-state index contributed by atoms with van der Waals surface area (Å²) in [5.74, 6) is 2.06. The summed E-state index contributed by atoms with van der Waals surface area (Å²) < 4.78 is 1.07. The molecule has 0 N–H and O–H groups in total. The largest absolute Gasteiger partial charge is 0.264 e. The van der Waals surface area contributed by atoms with Gasteiger partial charge in [0, 0.05) is 34.2 Å². The van der Waals surface area contributed by atoms with Gasteiger partial charge in [0.25, 0.3) is 0 Å². The third-order valence-electron chi connectivity index (χ3n) is 2.27. The smallest absolute Gasteiger partial charge is 0.0412 e. The number of pyridine rings is 2. The van der Waals surface area contributed by atoms with Gasteiger partial charge in [0.05, 0.1) is 0 Å². The Morgan fingerprint density at radius 3 is 1.95 bits per heavy atom. The Hall–Kier alpha value is -0.520. The van der Waals surface area contributed by atoms with Crippen LogP contribution in [0.1, 0.15) is 25.0 Å². The van der Waals surface area contributed by atoms with Crippen LogP contribution in [-0.2, 0) is 0 Å². The molecule has 0 aromatic carbocycles. The fourth-order valence-electron chi connectivity index (χ4n) is 1.20. The molecular formula is C16H23BrN2S2. The number of hydrogen-bond acceptors (Lipinski definition) is 4. The number of aryl methyl sites for hydroxylation is 2. The number of thiol groups is 1. The number of aromatic nitrogens is 2. The molecule has 5 heteroatoms. The average molecular weight is 387 g/mol. The van der Waals surface area contributed by atoms with Crippen molar-refractivity contribution in [2.45, 2.75) is 32.6 Å². The van der Waals surface area contributed by atoms with Crippen LogP contribution in [0.3, 0.4) is 0 Å². The molecule has 0 saturated carbocycles. The van der Waals surface area contributed by atoms with Gasteiger partial charge in [0.2, 0.25) is 0 Å². The van der Waals surface area contributed by atoms with Crippen molar-refractivity contribution in [3.8, 4) is 0 Å². The molecule has 0 spiro atoms. The molecule has 0 amide bonds. The lowest BCUT2D eigenvalue weighted by Gasteiger charge is -1.99. The maximum absolute atomic E-state index is 4.04. The van der Waals surface area contributed by atoms with Gasteiger partial charge in [0.15, 0.2) is 0 Å². The van der Waals surface area contributed by atoms with Crippen LogP contribution in [0.4, 0.5) is 0 Å². The number of thioether (sulfide) groups is 1. The van der Waals surface area contributed by atoms with E-state index in [9.17, 15) is 0 Å². The molecule has 0 radical (unpaired) electrons. The van der Waals surface area contributed by atoms with E-state index in [1.807, 2.05) is 50.1 Å². The number of nitrogens with zero attached hydrogens (tertiary/aromatic N) is 2. The zero-order valence-corrected chi connectivity index (χ0v) is 16.3. The molecule has 2 aromatic heterocycles. The molecule has 0 saturated heterocycles. The monoisotopic (exact) mass is 386 g/mol. The van der Waals surface area contributed by atoms with Crippen molar-refractivity contribution in [1.29, 1.82) is 0 Å². The Morgan fingerprint density at radius 1 is 1.05 bits per heavy atom. The minimum Gasteiger partial charge on any atom is -0.264 e. The Bertz CT molecular complexity index is 486. The van der Waals surface area contributed by atoms with Crippen LogP contribution in [0.15, 0.2) is 46.3 Å². The van der Waals surface area contributed by atoms with E-state index in [0.29, 0.717) is 0 Å². The van der Waals surface area contributed by atoms with Crippen LogP contribution in [-0.4, -0.2) is 21.5 Å². The zero-order chi connectivity index (χ0) is 16.1. The van der Waals surface area contributed by atoms with Crippen molar-refractivity contribution in [3.05, 3.63) is 52.5 Å². The summed E-state index contributed by atoms with van der Waals surface area (Å²) in [6.07, 6.45) is 7.31. The SMILES string of the molecule is CCS.CCSc1cnccc1C.Cc1ccncc1Br. The third-order valence-corrected chi connectivity index (χ3v) is 4.12. The van der Waals surface area contributed by atoms with Crippen LogP contribution >= 0.6 is 40.3 Å². The second-order valence-corrected chi connectivity index (χ2v) is 6.81. The number of hydrogen-bond donors (Lipinski definition) is 1. The van der Waals surface area contributed by atoms with E-state index in [0.717, 1.165) is 16.0 Å². The Morgan fingerprint density at radius 2 is 1.57 bits per heavy atom. The first-order chi connectivity index (χ1) is 10.1. The van der Waals surface area contributed by atoms with Crippen LogP contribution < -0.4 is 0 Å². The first kappa shape index (κ1) is 20.5. The van der Waals surface area contributed by atoms with Gasteiger partial charge in [-0.3, -0.25) is 9.97 Å². The molecule has 0 aliphatic rings. The molecule has 0 unspecified atom stereocenters. The summed E-state index contributed by atoms with van der Waals surface area (Å²) in [5.41, 5.74) is 2.54. The van der Waals surface area contributed by atoms with Crippen molar-refractivity contribution in [1.82, 2.24) is 9.97 Å². The molecule has 21 heavy (non-hydrogen) atoms. The summed E-state index contributed by atoms with van der Waals surface area (Å²) in [6, 6.07) is 4.00. The molecule has 0 aliphatic carbocycles. The van der Waals surface area contributed by atoms with Gasteiger partial charge in [0.1, 0.15) is 0 Å². The van der Waals surface area contributed by atoms with Gasteiger partial charge < -0.3 is 0 Å². The second kappa shape index (κ2) is 13.2. The summed E-state index contributed by atoms with van der Waals surface area (Å²) in [5, 5.41) is 0. The number of rotatable bonds is 2. The lowest BCUT2D eigenvalue weighted by molar-refractivity contribution is 1.17. The number of halogens is 1. The van der Waals surface area contributed by atoms with E-state index in [4.69, 9.17) is 0 Å². The predicted octanol–water partition coefficient (Wildman–Crippen LogP) is 5.59. The molecule has 0 fully saturated rings. The van der Waals surface area contributed by atoms with Gasteiger partial charge in [-0.2, -0.15) is 12.6 Å². The molecule has 2 heterocycles. The molecular weight excluding hydrogens is 364 g/mol. The Kier molecular flexibility index (Phi) is 12.8. The summed E-state index contributed by atoms with van der Waals surface area (Å²) in [6.45, 7) is 8.28. The van der Waals surface area contributed by atoms with E-state index < -0.39 is 0 Å². The molecule has 2 rings (SSSR count). The fourth-order valence-corrected chi connectivity index (χ4v) is 2.19. The van der Waals surface area contributed by atoms with Crippen LogP contribution in [0.25, 0.3) is 0 Å². The summed E-state index contributed by atoms with van der Waals surface area (Å²) in [7, 11) is 0. The first-order valence-corrected chi connectivity index (χ1v) is 9.18. The zero-order valence-electron chi connectivity index (χ0n) is 13.0. The Labute approximate surface area is 146 Å². The predicted molar refractivity (Wildman–Crippen MR) is 102 cm³/mol. The Balaban J connectivity index is 0.000000327. The molecule has 116 valence electrons. The summed E-state index contributed by atoms with van der Waals surface area (Å²) in [4.78, 5) is 9.24. The van der Waals surface area contributed by atoms with Crippen molar-refractivity contribution in [3.63, 3.8) is 0 Å². The van der Waals surface area contributed by atoms with Crippen LogP contribution in [0, 0.1) is 13.8 Å². The van der Waals surface area contributed by atoms with E-state index in [1.165, 1.54) is 16.0 Å². The highest BCUT2D eigenvalue weighted by Crippen LogP contribution is 2.19. The van der Waals surface area contributed by atoms with Gasteiger partial charge in [-0.1, -0.05) is 13.8 Å². The third kappa shape index (κ3) is 9.93. The highest BCUT2D eigenvalue weighted by atomic mass is 79.9. The fraction of sp³-hybridized carbons (Fsp3) is 0.375. The van der Waals surface area contributed by atoms with E-state index in [2.05, 4.69) is 52.4 Å². The molecule has 2 nitrogen and oxygen atoms in total. The normalized spacial score (nSPS) is 9.05. The van der Waals surface area contributed by atoms with Crippen molar-refractivity contribution >= 4 is 40.3 Å². The van der Waals surface area contributed by atoms with Crippen LogP contribution in [0.5, 0.6) is 0 Å². The summed E-state index contributed by atoms with van der Waals surface area (Å²) >= 11 is 8.96. The van der Waals surface area contributed by atoms with Gasteiger partial charge in [-0.15, -0.1) is 11.8 Å². The van der Waals surface area contributed by atoms with Gasteiger partial charge in [-0.25, -0.2) is 0 Å². The first-order valence-electron chi connectivity index (χ1n) is 6.77. The maximum Gasteiger partial charge on any atom is 0.0412 e.